The quantitative estimate of drug-likeness (QED) is 0.440. The summed E-state index contributed by atoms with van der Waals surface area (Å²) in [6.07, 6.45) is 2.68. The van der Waals surface area contributed by atoms with Gasteiger partial charge in [0.15, 0.2) is 11.6 Å². The molecule has 10 heteroatoms. The normalized spacial score (nSPS) is 37.3. The maximum absolute atomic E-state index is 11.6. The highest BCUT2D eigenvalue weighted by molar-refractivity contribution is 7.99. The number of aliphatic hydroxyl groups is 2. The Balaban J connectivity index is 1.36. The lowest BCUT2D eigenvalue weighted by Crippen LogP contribution is -2.62. The van der Waals surface area contributed by atoms with E-state index in [0.29, 0.717) is 36.1 Å². The summed E-state index contributed by atoms with van der Waals surface area (Å²) in [6.45, 7) is 2.07. The molecule has 3 heterocycles. The number of benzene rings is 1. The van der Waals surface area contributed by atoms with Crippen LogP contribution in [-0.4, -0.2) is 38.1 Å². The molecule has 3 unspecified atom stereocenters. The van der Waals surface area contributed by atoms with Crippen molar-refractivity contribution >= 4 is 40.9 Å². The number of fused-ring (bicyclic) bond motifs is 1. The van der Waals surface area contributed by atoms with Crippen molar-refractivity contribution in [3.63, 3.8) is 0 Å². The largest absolute Gasteiger partial charge is 0.384 e. The van der Waals surface area contributed by atoms with Gasteiger partial charge in [-0.05, 0) is 47.4 Å². The molecular weight excluding hydrogens is 436 g/mol. The summed E-state index contributed by atoms with van der Waals surface area (Å²) < 4.78 is -0.211. The number of hydrogen-bond acceptors (Lipinski definition) is 8. The van der Waals surface area contributed by atoms with Gasteiger partial charge in [0.1, 0.15) is 23.3 Å². The first kappa shape index (κ1) is 19.9. The summed E-state index contributed by atoms with van der Waals surface area (Å²) in [5, 5.41) is 35.4. The van der Waals surface area contributed by atoms with E-state index >= 15 is 0 Å². The van der Waals surface area contributed by atoms with Crippen molar-refractivity contribution in [3.8, 4) is 0 Å². The van der Waals surface area contributed by atoms with Crippen molar-refractivity contribution in [1.82, 2.24) is 14.0 Å². The molecule has 2 aromatic rings. The van der Waals surface area contributed by atoms with Gasteiger partial charge in [-0.3, -0.25) is 0 Å². The van der Waals surface area contributed by atoms with Gasteiger partial charge in [-0.25, -0.2) is 4.98 Å². The number of halogens is 1. The van der Waals surface area contributed by atoms with Gasteiger partial charge in [0.2, 0.25) is 5.69 Å². The van der Waals surface area contributed by atoms with Crippen LogP contribution in [0, 0.1) is 0 Å². The number of aromatic nitrogens is 2. The second-order valence-corrected chi connectivity index (χ2v) is 10.5. The van der Waals surface area contributed by atoms with E-state index in [4.69, 9.17) is 21.6 Å². The van der Waals surface area contributed by atoms with Gasteiger partial charge in [-0.1, -0.05) is 35.8 Å². The first-order valence-electron chi connectivity index (χ1n) is 10.8. The Hall–Kier alpha value is -1.78. The molecule has 3 N–H and O–H groups in total. The van der Waals surface area contributed by atoms with Gasteiger partial charge in [0, 0.05) is 23.4 Å². The number of nitrogens with one attached hydrogen (secondary N) is 1. The number of rotatable bonds is 5. The topological polar surface area (TPSA) is 103 Å². The van der Waals surface area contributed by atoms with Crippen LogP contribution in [0.1, 0.15) is 61.6 Å². The zero-order valence-corrected chi connectivity index (χ0v) is 18.6. The summed E-state index contributed by atoms with van der Waals surface area (Å²) in [4.78, 5) is 9.58. The molecule has 2 fully saturated rings. The molecule has 0 amide bonds. The van der Waals surface area contributed by atoms with E-state index in [1.165, 1.54) is 17.5 Å². The zero-order chi connectivity index (χ0) is 21.4. The minimum absolute atomic E-state index is 0.0396. The molecule has 8 nitrogen and oxygen atoms in total. The molecule has 1 aromatic carbocycles. The van der Waals surface area contributed by atoms with Crippen molar-refractivity contribution in [3.05, 3.63) is 40.7 Å². The Labute approximate surface area is 189 Å². The Morgan fingerprint density at radius 2 is 2.10 bits per heavy atom. The van der Waals surface area contributed by atoms with Crippen LogP contribution in [-0.2, 0) is 0 Å². The Kier molecular flexibility index (Phi) is 4.40. The highest BCUT2D eigenvalue weighted by Crippen LogP contribution is 2.62. The van der Waals surface area contributed by atoms with Crippen LogP contribution >= 0.6 is 23.5 Å². The molecule has 6 rings (SSSR count). The Morgan fingerprint density at radius 1 is 1.29 bits per heavy atom. The number of hydrogen-bond donors (Lipinski definition) is 3. The van der Waals surface area contributed by atoms with Crippen molar-refractivity contribution in [2.45, 2.75) is 68.1 Å². The van der Waals surface area contributed by atoms with Crippen molar-refractivity contribution in [1.29, 1.82) is 0 Å². The van der Waals surface area contributed by atoms with Crippen LogP contribution in [0.4, 0.5) is 17.3 Å². The summed E-state index contributed by atoms with van der Waals surface area (Å²) in [5.41, 5.74) is 0.388. The fourth-order valence-corrected chi connectivity index (χ4v) is 6.53. The highest BCUT2D eigenvalue weighted by atomic mass is 35.5. The predicted octanol–water partition coefficient (Wildman–Crippen LogP) is 4.76. The maximum atomic E-state index is 11.6. The minimum Gasteiger partial charge on any atom is -0.384 e. The van der Waals surface area contributed by atoms with E-state index in [-0.39, 0.29) is 15.3 Å². The van der Waals surface area contributed by atoms with Gasteiger partial charge in [-0.2, -0.15) is 4.98 Å². The smallest absolute Gasteiger partial charge is 0.304 e. The SMILES string of the molecule is CCC1S[N@@+]2(C3(O)CCCC3O)N=Nc3c(N[C@@H]4C[C@H]4c4ccc(Cl)cc4)nc1nc32. The molecule has 0 saturated heterocycles. The second kappa shape index (κ2) is 6.86. The Bertz CT molecular complexity index is 1080. The van der Waals surface area contributed by atoms with Gasteiger partial charge < -0.3 is 15.5 Å². The standard InChI is InChI=1S/C21H24ClN6O2S/c1-2-15-18-24-19(23-14-10-13(14)11-5-7-12(22)8-6-11)17-20(25-18)28(31-15,27-26-17)21(30)9-3-4-16(21)29/h5-8,13-16,29-30H,2-4,9-10H2,1H3,(H,23,24,25)/q+1/t13-,14+,15?,16?,21?,28-/m0/s1. The van der Waals surface area contributed by atoms with Crippen LogP contribution in [0.15, 0.2) is 34.6 Å². The maximum Gasteiger partial charge on any atom is 0.304 e. The number of quaternary nitrogens is 1. The lowest BCUT2D eigenvalue weighted by molar-refractivity contribution is -0.121. The van der Waals surface area contributed by atoms with Crippen molar-refractivity contribution < 1.29 is 10.2 Å². The van der Waals surface area contributed by atoms with Gasteiger partial charge in [-0.15, -0.1) is 0 Å². The molecule has 31 heavy (non-hydrogen) atoms. The third-order valence-electron chi connectivity index (χ3n) is 6.87. The molecule has 2 aliphatic carbocycles. The van der Waals surface area contributed by atoms with Gasteiger partial charge in [0.25, 0.3) is 5.72 Å². The fourth-order valence-electron chi connectivity index (χ4n) is 4.98. The third-order valence-corrected chi connectivity index (χ3v) is 8.79. The number of anilines is 1. The number of aliphatic hydroxyl groups excluding tert-OH is 1. The van der Waals surface area contributed by atoms with E-state index in [9.17, 15) is 10.2 Å². The van der Waals surface area contributed by atoms with E-state index in [1.54, 1.807) is 0 Å². The Morgan fingerprint density at radius 3 is 2.81 bits per heavy atom. The van der Waals surface area contributed by atoms with Gasteiger partial charge >= 0.3 is 5.82 Å². The molecule has 0 radical (unpaired) electrons. The molecule has 4 aliphatic rings. The lowest BCUT2D eigenvalue weighted by Gasteiger charge is -2.41. The third kappa shape index (κ3) is 2.80. The van der Waals surface area contributed by atoms with Crippen LogP contribution in [0.25, 0.3) is 0 Å². The molecule has 6 atom stereocenters. The molecular formula is C21H24ClN6O2S+. The van der Waals surface area contributed by atoms with E-state index in [2.05, 4.69) is 34.7 Å². The second-order valence-electron chi connectivity index (χ2n) is 8.80. The summed E-state index contributed by atoms with van der Waals surface area (Å²) in [7, 11) is 0. The predicted molar refractivity (Wildman–Crippen MR) is 120 cm³/mol. The molecule has 0 spiro atoms. The van der Waals surface area contributed by atoms with Gasteiger partial charge in [0.05, 0.1) is 5.22 Å². The highest BCUT2D eigenvalue weighted by Gasteiger charge is 2.68. The van der Waals surface area contributed by atoms with Crippen LogP contribution in [0.5, 0.6) is 0 Å². The molecule has 162 valence electrons. The average Bonchev–Trinajstić information content (AvgIpc) is 3.25. The number of nitrogens with zero attached hydrogens (tertiary/aromatic N) is 5. The summed E-state index contributed by atoms with van der Waals surface area (Å²) in [5.74, 6) is 2.37. The monoisotopic (exact) mass is 459 g/mol. The van der Waals surface area contributed by atoms with E-state index in [0.717, 1.165) is 30.1 Å². The van der Waals surface area contributed by atoms with Crippen LogP contribution in [0.3, 0.4) is 0 Å². The first-order valence-corrected chi connectivity index (χ1v) is 12.0. The molecule has 2 bridgehead atoms. The summed E-state index contributed by atoms with van der Waals surface area (Å²) in [6, 6.07) is 8.22. The van der Waals surface area contributed by atoms with Crippen LogP contribution < -0.4 is 9.31 Å². The van der Waals surface area contributed by atoms with Crippen LogP contribution in [0.2, 0.25) is 5.02 Å². The van der Waals surface area contributed by atoms with E-state index in [1.807, 2.05) is 12.1 Å². The van der Waals surface area contributed by atoms with Crippen molar-refractivity contribution in [2.24, 2.45) is 10.3 Å². The molecule has 1 aromatic heterocycles. The fraction of sp³-hybridized carbons (Fsp3) is 0.524. The molecule has 2 aliphatic heterocycles. The van der Waals surface area contributed by atoms with Crippen molar-refractivity contribution in [2.75, 3.05) is 5.32 Å². The van der Waals surface area contributed by atoms with E-state index < -0.39 is 11.8 Å². The molecule has 2 saturated carbocycles. The summed E-state index contributed by atoms with van der Waals surface area (Å²) >= 11 is 7.50. The average molecular weight is 460 g/mol. The zero-order valence-electron chi connectivity index (χ0n) is 17.1. The minimum atomic E-state index is -1.43. The lowest BCUT2D eigenvalue weighted by atomic mass is 10.1. The first-order chi connectivity index (χ1) is 14.9.